The Morgan fingerprint density at radius 3 is 2.52 bits per heavy atom. The van der Waals surface area contributed by atoms with Crippen LogP contribution < -0.4 is 0 Å². The Bertz CT molecular complexity index is 511. The number of carbonyl (C=O) groups excluding carboxylic acids is 1. The molecule has 2 heterocycles. The van der Waals surface area contributed by atoms with Crippen LogP contribution in [-0.4, -0.2) is 54.1 Å². The highest BCUT2D eigenvalue weighted by Gasteiger charge is 2.36. The van der Waals surface area contributed by atoms with Crippen LogP contribution in [0.2, 0.25) is 0 Å². The third-order valence-corrected chi connectivity index (χ3v) is 5.23. The molecular formula is C19H28N2O2. The van der Waals surface area contributed by atoms with Gasteiger partial charge < -0.3 is 9.64 Å². The first-order valence-electron chi connectivity index (χ1n) is 8.88. The molecular weight excluding hydrogens is 288 g/mol. The molecule has 126 valence electrons. The summed E-state index contributed by atoms with van der Waals surface area (Å²) >= 11 is 0. The van der Waals surface area contributed by atoms with Gasteiger partial charge in [0.25, 0.3) is 5.91 Å². The second-order valence-corrected chi connectivity index (χ2v) is 6.79. The van der Waals surface area contributed by atoms with Crippen molar-refractivity contribution in [3.05, 3.63) is 35.9 Å². The molecule has 0 bridgehead atoms. The summed E-state index contributed by atoms with van der Waals surface area (Å²) in [6, 6.07) is 10.7. The molecule has 2 aliphatic heterocycles. The Kier molecular flexibility index (Phi) is 5.34. The maximum Gasteiger partial charge on any atom is 0.251 e. The third kappa shape index (κ3) is 3.93. The molecule has 0 saturated carbocycles. The van der Waals surface area contributed by atoms with Gasteiger partial charge >= 0.3 is 0 Å². The maximum absolute atomic E-state index is 12.0. The predicted octanol–water partition coefficient (Wildman–Crippen LogP) is 2.53. The summed E-state index contributed by atoms with van der Waals surface area (Å²) in [6.45, 7) is 8.77. The zero-order valence-electron chi connectivity index (χ0n) is 14.3. The summed E-state index contributed by atoms with van der Waals surface area (Å²) in [4.78, 5) is 16.5. The Morgan fingerprint density at radius 2 is 1.87 bits per heavy atom. The maximum atomic E-state index is 12.0. The molecule has 2 atom stereocenters. The van der Waals surface area contributed by atoms with Gasteiger partial charge in [0, 0.05) is 19.6 Å². The van der Waals surface area contributed by atoms with Gasteiger partial charge in [-0.05, 0) is 51.3 Å². The van der Waals surface area contributed by atoms with E-state index in [9.17, 15) is 4.79 Å². The number of carbonyl (C=O) groups is 1. The van der Waals surface area contributed by atoms with E-state index in [2.05, 4.69) is 42.2 Å². The summed E-state index contributed by atoms with van der Waals surface area (Å²) in [6.07, 6.45) is 2.25. The van der Waals surface area contributed by atoms with Gasteiger partial charge in [0.1, 0.15) is 6.10 Å². The molecule has 1 aromatic carbocycles. The van der Waals surface area contributed by atoms with Crippen LogP contribution in [0.1, 0.15) is 32.3 Å². The Labute approximate surface area is 139 Å². The number of likely N-dealkylation sites (N-methyl/N-ethyl adjacent to an activating group) is 1. The highest BCUT2D eigenvalue weighted by Crippen LogP contribution is 2.27. The fourth-order valence-electron chi connectivity index (χ4n) is 3.80. The lowest BCUT2D eigenvalue weighted by molar-refractivity contribution is -0.166. The van der Waals surface area contributed by atoms with Gasteiger partial charge in [-0.3, -0.25) is 9.69 Å². The van der Waals surface area contributed by atoms with E-state index in [4.69, 9.17) is 4.74 Å². The van der Waals surface area contributed by atoms with Crippen molar-refractivity contribution in [2.45, 2.75) is 45.4 Å². The van der Waals surface area contributed by atoms with Gasteiger partial charge in [-0.25, -0.2) is 0 Å². The lowest BCUT2D eigenvalue weighted by atomic mass is 9.89. The van der Waals surface area contributed by atoms with Crippen LogP contribution in [0.5, 0.6) is 0 Å². The largest absolute Gasteiger partial charge is 0.363 e. The average molecular weight is 316 g/mol. The highest BCUT2D eigenvalue weighted by atomic mass is 16.5. The predicted molar refractivity (Wildman–Crippen MR) is 91.0 cm³/mol. The van der Waals surface area contributed by atoms with Crippen molar-refractivity contribution in [1.82, 2.24) is 9.80 Å². The molecule has 0 N–H and O–H groups in total. The van der Waals surface area contributed by atoms with Crippen molar-refractivity contribution in [2.24, 2.45) is 5.92 Å². The minimum atomic E-state index is -0.281. The van der Waals surface area contributed by atoms with E-state index >= 15 is 0 Å². The van der Waals surface area contributed by atoms with Gasteiger partial charge in [-0.1, -0.05) is 30.3 Å². The van der Waals surface area contributed by atoms with E-state index < -0.39 is 0 Å². The van der Waals surface area contributed by atoms with Crippen LogP contribution in [0, 0.1) is 5.92 Å². The van der Waals surface area contributed by atoms with Crippen LogP contribution in [-0.2, 0) is 16.1 Å². The summed E-state index contributed by atoms with van der Waals surface area (Å²) in [5.41, 5.74) is 1.39. The lowest BCUT2D eigenvalue weighted by Crippen LogP contribution is -2.54. The Hall–Kier alpha value is -1.39. The zero-order chi connectivity index (χ0) is 16.2. The molecule has 0 spiro atoms. The van der Waals surface area contributed by atoms with Crippen molar-refractivity contribution in [3.63, 3.8) is 0 Å². The normalized spacial score (nSPS) is 27.4. The van der Waals surface area contributed by atoms with Gasteiger partial charge in [0.15, 0.2) is 0 Å². The lowest BCUT2D eigenvalue weighted by Gasteiger charge is -2.42. The van der Waals surface area contributed by atoms with Crippen molar-refractivity contribution >= 4 is 5.91 Å². The average Bonchev–Trinajstić information content (AvgIpc) is 2.59. The smallest absolute Gasteiger partial charge is 0.251 e. The molecule has 2 saturated heterocycles. The van der Waals surface area contributed by atoms with Gasteiger partial charge in [0.05, 0.1) is 6.10 Å². The second-order valence-electron chi connectivity index (χ2n) is 6.79. The van der Waals surface area contributed by atoms with E-state index in [-0.39, 0.29) is 18.1 Å². The molecule has 2 fully saturated rings. The first-order chi connectivity index (χ1) is 11.2. The molecule has 4 heteroatoms. The van der Waals surface area contributed by atoms with E-state index in [0.29, 0.717) is 5.92 Å². The molecule has 0 unspecified atom stereocenters. The SMILES string of the molecule is CCN1C[C@@H](C2CCN(Cc3ccccc3)CC2)O[C@H](C)C1=O. The fraction of sp³-hybridized carbons (Fsp3) is 0.632. The number of piperidine rings is 1. The third-order valence-electron chi connectivity index (χ3n) is 5.23. The molecule has 4 nitrogen and oxygen atoms in total. The summed E-state index contributed by atoms with van der Waals surface area (Å²) in [5.74, 6) is 0.719. The first kappa shape index (κ1) is 16.5. The first-order valence-corrected chi connectivity index (χ1v) is 8.88. The minimum absolute atomic E-state index is 0.144. The quantitative estimate of drug-likeness (QED) is 0.856. The molecule has 1 amide bonds. The topological polar surface area (TPSA) is 32.8 Å². The molecule has 23 heavy (non-hydrogen) atoms. The number of nitrogens with zero attached hydrogens (tertiary/aromatic N) is 2. The number of rotatable bonds is 4. The van der Waals surface area contributed by atoms with E-state index in [1.165, 1.54) is 5.56 Å². The van der Waals surface area contributed by atoms with E-state index in [0.717, 1.165) is 45.6 Å². The second kappa shape index (κ2) is 7.45. The Balaban J connectivity index is 1.51. The number of ether oxygens (including phenoxy) is 1. The number of benzene rings is 1. The van der Waals surface area contributed by atoms with Crippen molar-refractivity contribution in [2.75, 3.05) is 26.2 Å². The summed E-state index contributed by atoms with van der Waals surface area (Å²) < 4.78 is 6.01. The highest BCUT2D eigenvalue weighted by molar-refractivity contribution is 5.81. The summed E-state index contributed by atoms with van der Waals surface area (Å²) in [5, 5.41) is 0. The molecule has 0 aromatic heterocycles. The molecule has 1 aromatic rings. The number of hydrogen-bond donors (Lipinski definition) is 0. The number of likely N-dealkylation sites (tertiary alicyclic amines) is 1. The van der Waals surface area contributed by atoms with Crippen LogP contribution in [0.25, 0.3) is 0 Å². The summed E-state index contributed by atoms with van der Waals surface area (Å²) in [7, 11) is 0. The van der Waals surface area contributed by atoms with Gasteiger partial charge in [0.2, 0.25) is 0 Å². The van der Waals surface area contributed by atoms with Gasteiger partial charge in [-0.2, -0.15) is 0 Å². The molecule has 0 aliphatic carbocycles. The Morgan fingerprint density at radius 1 is 1.17 bits per heavy atom. The van der Waals surface area contributed by atoms with Crippen molar-refractivity contribution in [1.29, 1.82) is 0 Å². The van der Waals surface area contributed by atoms with Crippen molar-refractivity contribution < 1.29 is 9.53 Å². The van der Waals surface area contributed by atoms with Crippen molar-refractivity contribution in [3.8, 4) is 0 Å². The molecule has 2 aliphatic rings. The van der Waals surface area contributed by atoms with Gasteiger partial charge in [-0.15, -0.1) is 0 Å². The fourth-order valence-corrected chi connectivity index (χ4v) is 3.80. The number of amides is 1. The van der Waals surface area contributed by atoms with Crippen LogP contribution in [0.15, 0.2) is 30.3 Å². The van der Waals surface area contributed by atoms with Crippen LogP contribution in [0.3, 0.4) is 0 Å². The number of hydrogen-bond acceptors (Lipinski definition) is 3. The molecule has 0 radical (unpaired) electrons. The molecule has 3 rings (SSSR count). The minimum Gasteiger partial charge on any atom is -0.363 e. The monoisotopic (exact) mass is 316 g/mol. The van der Waals surface area contributed by atoms with E-state index in [1.54, 1.807) is 0 Å². The van der Waals surface area contributed by atoms with Crippen LogP contribution in [0.4, 0.5) is 0 Å². The number of morpholine rings is 1. The standard InChI is InChI=1S/C19H28N2O2/c1-3-21-14-18(23-15(2)19(21)22)17-9-11-20(12-10-17)13-16-7-5-4-6-8-16/h4-8,15,17-18H,3,9-14H2,1-2H3/t15-,18+/m1/s1. The van der Waals surface area contributed by atoms with E-state index in [1.807, 2.05) is 11.8 Å². The van der Waals surface area contributed by atoms with Crippen LogP contribution >= 0.6 is 0 Å². The zero-order valence-corrected chi connectivity index (χ0v) is 14.3.